The molecule has 0 aliphatic rings. The third kappa shape index (κ3) is 9.74. The summed E-state index contributed by atoms with van der Waals surface area (Å²) in [5, 5.41) is 13.2. The van der Waals surface area contributed by atoms with Crippen LogP contribution in [0.3, 0.4) is 0 Å². The van der Waals surface area contributed by atoms with Crippen molar-refractivity contribution in [2.75, 3.05) is 20.3 Å². The summed E-state index contributed by atoms with van der Waals surface area (Å²) in [7, 11) is -3.17. The number of carbonyl (C=O) groups is 2. The fraction of sp³-hybridized carbons (Fsp3) is 0.359. The van der Waals surface area contributed by atoms with E-state index in [0.717, 1.165) is 11.4 Å². The van der Waals surface area contributed by atoms with Crippen molar-refractivity contribution in [1.29, 1.82) is 0 Å². The Hall–Kier alpha value is -4.15. The summed E-state index contributed by atoms with van der Waals surface area (Å²) in [6.45, 7) is 5.08. The third-order valence-corrected chi connectivity index (χ3v) is 13.1. The summed E-state index contributed by atoms with van der Waals surface area (Å²) in [4.78, 5) is 30.9. The van der Waals surface area contributed by atoms with Crippen molar-refractivity contribution in [3.8, 4) is 0 Å². The number of thiophene rings is 1. The van der Waals surface area contributed by atoms with E-state index >= 15 is 13.2 Å². The summed E-state index contributed by atoms with van der Waals surface area (Å²) in [6.07, 6.45) is -6.52. The van der Waals surface area contributed by atoms with E-state index < -0.39 is 65.0 Å². The van der Waals surface area contributed by atoms with Gasteiger partial charge in [-0.25, -0.2) is 18.2 Å². The Morgan fingerprint density at radius 1 is 0.926 bits per heavy atom. The normalized spacial score (nSPS) is 14.3. The lowest BCUT2D eigenvalue weighted by atomic mass is 9.81. The zero-order chi connectivity index (χ0) is 39.3. The molecule has 1 amide bonds. The number of alkyl carbamates (subject to hydrolysis) is 1. The number of ketones is 1. The van der Waals surface area contributed by atoms with E-state index in [9.17, 15) is 23.1 Å². The molecule has 0 fully saturated rings. The number of aromatic nitrogens is 1. The second-order valence-electron chi connectivity index (χ2n) is 14.0. The van der Waals surface area contributed by atoms with E-state index in [1.807, 2.05) is 20.8 Å². The molecule has 0 saturated carbocycles. The minimum atomic E-state index is -4.90. The molecule has 2 N–H and O–H groups in total. The van der Waals surface area contributed by atoms with E-state index in [1.165, 1.54) is 35.6 Å². The Kier molecular flexibility index (Phi) is 13.0. The largest absolute Gasteiger partial charge is 0.453 e. The molecule has 0 saturated heterocycles. The number of hydrogen-bond acceptors (Lipinski definition) is 9. The van der Waals surface area contributed by atoms with Crippen LogP contribution in [0.5, 0.6) is 0 Å². The average molecular weight is 802 g/mol. The number of ether oxygens (including phenoxy) is 1. The van der Waals surface area contributed by atoms with Crippen molar-refractivity contribution < 1.29 is 41.0 Å². The van der Waals surface area contributed by atoms with Crippen molar-refractivity contribution in [2.45, 2.75) is 68.6 Å². The van der Waals surface area contributed by atoms with Crippen LogP contribution in [0.2, 0.25) is 0 Å². The van der Waals surface area contributed by atoms with Crippen LogP contribution in [-0.2, 0) is 19.6 Å². The fourth-order valence-electron chi connectivity index (χ4n) is 6.22. The molecule has 5 rings (SSSR count). The van der Waals surface area contributed by atoms with Crippen LogP contribution in [-0.4, -0.2) is 67.2 Å². The van der Waals surface area contributed by atoms with Crippen molar-refractivity contribution in [3.05, 3.63) is 117 Å². The second-order valence-corrected chi connectivity index (χ2v) is 17.9. The SMILES string of the molecule is COC(=O)N[C@H](C(=O)C[C@H](c1ccc([C@@H](CO)N(CCC(C)(C)C)S(=O)(=O)c2ccc3ncsc3c2)s1)C(F)(F)F)C(c1ccccc1)c1ccccc1. The smallest absolute Gasteiger partial charge is 0.407 e. The van der Waals surface area contributed by atoms with Crippen molar-refractivity contribution in [1.82, 2.24) is 14.6 Å². The Labute approximate surface area is 320 Å². The van der Waals surface area contributed by atoms with Crippen molar-refractivity contribution in [2.24, 2.45) is 5.41 Å². The summed E-state index contributed by atoms with van der Waals surface area (Å²) < 4.78 is 80.1. The first-order chi connectivity index (χ1) is 25.5. The van der Waals surface area contributed by atoms with Gasteiger partial charge in [0.1, 0.15) is 6.04 Å². The molecule has 15 heteroatoms. The molecule has 9 nitrogen and oxygen atoms in total. The predicted octanol–water partition coefficient (Wildman–Crippen LogP) is 8.68. The molecule has 2 heterocycles. The number of nitrogens with zero attached hydrogens (tertiary/aromatic N) is 2. The molecule has 0 aliphatic heterocycles. The van der Waals surface area contributed by atoms with E-state index in [1.54, 1.807) is 72.2 Å². The molecular weight excluding hydrogens is 760 g/mol. The number of carbonyl (C=O) groups excluding carboxylic acids is 2. The number of aliphatic hydroxyl groups is 1. The molecule has 0 unspecified atom stereocenters. The highest BCUT2D eigenvalue weighted by Crippen LogP contribution is 2.44. The molecule has 54 heavy (non-hydrogen) atoms. The monoisotopic (exact) mass is 801 g/mol. The maximum Gasteiger partial charge on any atom is 0.407 e. The van der Waals surface area contributed by atoms with Crippen LogP contribution >= 0.6 is 22.7 Å². The summed E-state index contributed by atoms with van der Waals surface area (Å²) in [5.74, 6) is -4.04. The number of sulfonamides is 1. The predicted molar refractivity (Wildman–Crippen MR) is 204 cm³/mol. The number of alkyl halides is 3. The van der Waals surface area contributed by atoms with E-state index in [4.69, 9.17) is 4.74 Å². The number of benzene rings is 3. The number of aliphatic hydroxyl groups excluding tert-OH is 1. The van der Waals surface area contributed by atoms with Gasteiger partial charge >= 0.3 is 12.3 Å². The van der Waals surface area contributed by atoms with Crippen LogP contribution in [0.25, 0.3) is 10.2 Å². The Balaban J connectivity index is 1.52. The summed E-state index contributed by atoms with van der Waals surface area (Å²) in [6, 6.07) is 21.8. The van der Waals surface area contributed by atoms with Gasteiger partial charge in [-0.2, -0.15) is 17.5 Å². The lowest BCUT2D eigenvalue weighted by molar-refractivity contribution is -0.156. The van der Waals surface area contributed by atoms with Crippen molar-refractivity contribution in [3.63, 3.8) is 0 Å². The highest BCUT2D eigenvalue weighted by atomic mass is 32.2. The lowest BCUT2D eigenvalue weighted by Crippen LogP contribution is -2.46. The van der Waals surface area contributed by atoms with Crippen LogP contribution in [0, 0.1) is 5.41 Å². The quantitative estimate of drug-likeness (QED) is 0.109. The maximum absolute atomic E-state index is 15.0. The van der Waals surface area contributed by atoms with Gasteiger partial charge in [0.25, 0.3) is 0 Å². The zero-order valence-corrected chi connectivity index (χ0v) is 32.6. The third-order valence-electron chi connectivity index (χ3n) is 9.09. The lowest BCUT2D eigenvalue weighted by Gasteiger charge is -2.32. The Morgan fingerprint density at radius 3 is 2.09 bits per heavy atom. The average Bonchev–Trinajstić information content (AvgIpc) is 3.81. The molecule has 288 valence electrons. The molecule has 0 spiro atoms. The molecule has 5 aromatic rings. The topological polar surface area (TPSA) is 126 Å². The first-order valence-electron chi connectivity index (χ1n) is 17.1. The van der Waals surface area contributed by atoms with Crippen molar-refractivity contribution >= 4 is 54.8 Å². The molecule has 0 aliphatic carbocycles. The maximum atomic E-state index is 15.0. The summed E-state index contributed by atoms with van der Waals surface area (Å²) >= 11 is 1.96. The zero-order valence-electron chi connectivity index (χ0n) is 30.1. The Morgan fingerprint density at radius 2 is 1.54 bits per heavy atom. The standard InChI is InChI=1S/C39H42F3N3O6S3/c1-38(2,3)19-20-45(54(49,50)27-15-16-29-34(21-27)52-24-43-29)30(23-46)33-18-17-32(53-33)28(39(40,41)42)22-31(47)36(44-37(48)51-4)35(25-11-7-5-8-12-25)26-13-9-6-10-14-26/h5-18,21,24,28,30,35-36,46H,19-20,22-23H2,1-4H3,(H,44,48)/t28-,30-,36-/m1/s1. The van der Waals surface area contributed by atoms with E-state index in [0.29, 0.717) is 39.1 Å². The molecule has 3 atom stereocenters. The van der Waals surface area contributed by atoms with Crippen LogP contribution in [0.1, 0.15) is 72.4 Å². The number of nitrogens with one attached hydrogen (secondary N) is 1. The second kappa shape index (κ2) is 17.1. The molecule has 0 radical (unpaired) electrons. The van der Waals surface area contributed by atoms with Gasteiger partial charge in [-0.3, -0.25) is 4.79 Å². The van der Waals surface area contributed by atoms with Gasteiger partial charge in [-0.05, 0) is 53.3 Å². The van der Waals surface area contributed by atoms with E-state index in [2.05, 4.69) is 10.3 Å². The molecule has 2 aromatic heterocycles. The van der Waals surface area contributed by atoms with Gasteiger partial charge in [0.2, 0.25) is 10.0 Å². The molecule has 3 aromatic carbocycles. The van der Waals surface area contributed by atoms with Crippen LogP contribution in [0.4, 0.5) is 18.0 Å². The summed E-state index contributed by atoms with van der Waals surface area (Å²) in [5.41, 5.74) is 3.09. The highest BCUT2D eigenvalue weighted by molar-refractivity contribution is 7.89. The number of methoxy groups -OCH3 is 1. The first kappa shape index (κ1) is 41.0. The van der Waals surface area contributed by atoms with Crippen LogP contribution < -0.4 is 5.32 Å². The van der Waals surface area contributed by atoms with Gasteiger partial charge in [0.05, 0.1) is 46.3 Å². The number of halogens is 3. The number of thiazole rings is 1. The van der Waals surface area contributed by atoms with Gasteiger partial charge in [0, 0.05) is 28.6 Å². The number of fused-ring (bicyclic) bond motifs is 1. The van der Waals surface area contributed by atoms with Crippen LogP contribution in [0.15, 0.2) is 101 Å². The number of amides is 1. The van der Waals surface area contributed by atoms with Gasteiger partial charge in [0.15, 0.2) is 5.78 Å². The van der Waals surface area contributed by atoms with Gasteiger partial charge in [-0.15, -0.1) is 22.7 Å². The number of Topliss-reactive ketones (excluding diaryl/α,β-unsaturated/α-hetero) is 1. The molecular formula is C39H42F3N3O6S3. The Bertz CT molecular complexity index is 2090. The molecule has 0 bridgehead atoms. The van der Waals surface area contributed by atoms with E-state index in [-0.39, 0.29) is 26.6 Å². The minimum Gasteiger partial charge on any atom is -0.453 e. The number of hydrogen-bond donors (Lipinski definition) is 2. The highest BCUT2D eigenvalue weighted by Gasteiger charge is 2.46. The number of rotatable bonds is 15. The first-order valence-corrected chi connectivity index (χ1v) is 20.3. The minimum absolute atomic E-state index is 0.0204. The van der Waals surface area contributed by atoms with Gasteiger partial charge in [-0.1, -0.05) is 81.4 Å². The van der Waals surface area contributed by atoms with Gasteiger partial charge < -0.3 is 15.2 Å². The fourth-order valence-corrected chi connectivity index (χ4v) is 9.94.